The molecule has 2 aromatic carbocycles. The van der Waals surface area contributed by atoms with Gasteiger partial charge in [-0.1, -0.05) is 11.6 Å². The number of carbonyl (C=O) groups excluding carboxylic acids is 2. The molecule has 27 heavy (non-hydrogen) atoms. The lowest BCUT2D eigenvalue weighted by molar-refractivity contribution is 0.0955. The van der Waals surface area contributed by atoms with Gasteiger partial charge in [0.25, 0.3) is 11.8 Å². The molecule has 0 saturated heterocycles. The number of aryl methyl sites for hydroxylation is 2. The van der Waals surface area contributed by atoms with Gasteiger partial charge in [-0.2, -0.15) is 5.26 Å². The molecule has 2 rings (SSSR count). The fourth-order valence-electron chi connectivity index (χ4n) is 2.26. The summed E-state index contributed by atoms with van der Waals surface area (Å²) in [6.45, 7) is 3.58. The molecule has 0 radical (unpaired) electrons. The molecule has 2 aromatic rings. The standard InChI is InChI=1S/C10H11N3O.C9H11ClN2O/c1-6-3-7(5-11)4-8(9(6)12)10(14)13-2;1-5-3-6(10)4-7(8(5)11)9(13)12-2/h3-4H,12H2,1-2H3,(H,13,14);3-4H,11H2,1-2H3,(H,12,13). The van der Waals surface area contributed by atoms with Crippen molar-refractivity contribution < 1.29 is 9.59 Å². The fourth-order valence-corrected chi connectivity index (χ4v) is 2.54. The normalized spacial score (nSPS) is 9.48. The van der Waals surface area contributed by atoms with E-state index in [4.69, 9.17) is 28.3 Å². The van der Waals surface area contributed by atoms with Crippen molar-refractivity contribution in [3.63, 3.8) is 0 Å². The predicted octanol–water partition coefficient (Wildman–Crippen LogP) is 2.40. The Balaban J connectivity index is 0.000000271. The lowest BCUT2D eigenvalue weighted by atomic mass is 10.0. The van der Waals surface area contributed by atoms with Crippen molar-refractivity contribution in [1.82, 2.24) is 10.6 Å². The molecule has 0 saturated carbocycles. The number of nitriles is 1. The summed E-state index contributed by atoms with van der Waals surface area (Å²) in [5, 5.41) is 14.2. The molecule has 0 spiro atoms. The Labute approximate surface area is 163 Å². The zero-order chi connectivity index (χ0) is 20.7. The Morgan fingerprint density at radius 3 is 1.81 bits per heavy atom. The molecule has 0 atom stereocenters. The average molecular weight is 388 g/mol. The summed E-state index contributed by atoms with van der Waals surface area (Å²) < 4.78 is 0. The van der Waals surface area contributed by atoms with E-state index < -0.39 is 0 Å². The van der Waals surface area contributed by atoms with Crippen LogP contribution in [0.5, 0.6) is 0 Å². The molecule has 7 nitrogen and oxygen atoms in total. The van der Waals surface area contributed by atoms with Crippen molar-refractivity contribution in [2.75, 3.05) is 25.6 Å². The number of rotatable bonds is 2. The largest absolute Gasteiger partial charge is 0.398 e. The Hall–Kier alpha value is -3.24. The quantitative estimate of drug-likeness (QED) is 0.587. The zero-order valence-corrected chi connectivity index (χ0v) is 16.4. The minimum Gasteiger partial charge on any atom is -0.398 e. The molecule has 0 aliphatic heterocycles. The van der Waals surface area contributed by atoms with Crippen LogP contribution < -0.4 is 22.1 Å². The molecule has 0 aromatic heterocycles. The van der Waals surface area contributed by atoms with Gasteiger partial charge in [0.1, 0.15) is 0 Å². The number of anilines is 2. The molecule has 0 aliphatic rings. The third-order valence-electron chi connectivity index (χ3n) is 3.81. The van der Waals surface area contributed by atoms with Gasteiger partial charge in [0.05, 0.1) is 22.8 Å². The first kappa shape index (κ1) is 21.8. The summed E-state index contributed by atoms with van der Waals surface area (Å²) in [5.74, 6) is -0.495. The summed E-state index contributed by atoms with van der Waals surface area (Å²) in [6.07, 6.45) is 0. The number of benzene rings is 2. The maximum Gasteiger partial charge on any atom is 0.253 e. The Morgan fingerprint density at radius 2 is 1.37 bits per heavy atom. The number of amides is 2. The van der Waals surface area contributed by atoms with E-state index in [-0.39, 0.29) is 11.8 Å². The third-order valence-corrected chi connectivity index (χ3v) is 4.03. The maximum atomic E-state index is 11.4. The van der Waals surface area contributed by atoms with Crippen LogP contribution >= 0.6 is 11.6 Å². The lowest BCUT2D eigenvalue weighted by Gasteiger charge is -2.07. The van der Waals surface area contributed by atoms with E-state index in [1.54, 1.807) is 32.2 Å². The van der Waals surface area contributed by atoms with Crippen LogP contribution in [-0.2, 0) is 0 Å². The van der Waals surface area contributed by atoms with Crippen molar-refractivity contribution in [1.29, 1.82) is 5.26 Å². The highest BCUT2D eigenvalue weighted by Gasteiger charge is 2.11. The van der Waals surface area contributed by atoms with Crippen LogP contribution in [0.25, 0.3) is 0 Å². The number of hydrogen-bond donors (Lipinski definition) is 4. The molecular formula is C19H22ClN5O2. The van der Waals surface area contributed by atoms with Gasteiger partial charge in [-0.3, -0.25) is 9.59 Å². The molecule has 8 heteroatoms. The Morgan fingerprint density at radius 1 is 0.926 bits per heavy atom. The van der Waals surface area contributed by atoms with E-state index in [0.29, 0.717) is 33.1 Å². The van der Waals surface area contributed by atoms with Gasteiger partial charge < -0.3 is 22.1 Å². The van der Waals surface area contributed by atoms with Gasteiger partial charge in [0.15, 0.2) is 0 Å². The second kappa shape index (κ2) is 9.46. The molecule has 6 N–H and O–H groups in total. The Kier molecular flexibility index (Phi) is 7.64. The van der Waals surface area contributed by atoms with E-state index in [2.05, 4.69) is 10.6 Å². The minimum atomic E-state index is -0.275. The van der Waals surface area contributed by atoms with Crippen LogP contribution in [0.2, 0.25) is 5.02 Å². The molecule has 0 heterocycles. The first-order chi connectivity index (χ1) is 12.7. The van der Waals surface area contributed by atoms with Crippen LogP contribution in [0.1, 0.15) is 37.4 Å². The summed E-state index contributed by atoms with van der Waals surface area (Å²) in [5.41, 5.74) is 15.1. The van der Waals surface area contributed by atoms with Gasteiger partial charge in [-0.15, -0.1) is 0 Å². The number of halogens is 1. The predicted molar refractivity (Wildman–Crippen MR) is 108 cm³/mol. The molecule has 0 aliphatic carbocycles. The summed E-state index contributed by atoms with van der Waals surface area (Å²) in [7, 11) is 3.08. The fraction of sp³-hybridized carbons (Fsp3) is 0.211. The van der Waals surface area contributed by atoms with Gasteiger partial charge in [-0.05, 0) is 49.2 Å². The molecule has 0 fully saturated rings. The van der Waals surface area contributed by atoms with Crippen molar-refractivity contribution in [2.45, 2.75) is 13.8 Å². The molecular weight excluding hydrogens is 366 g/mol. The zero-order valence-electron chi connectivity index (χ0n) is 15.6. The van der Waals surface area contributed by atoms with E-state index in [9.17, 15) is 9.59 Å². The van der Waals surface area contributed by atoms with Crippen LogP contribution in [0.3, 0.4) is 0 Å². The van der Waals surface area contributed by atoms with Crippen LogP contribution in [0.4, 0.5) is 11.4 Å². The van der Waals surface area contributed by atoms with E-state index in [1.807, 2.05) is 13.0 Å². The van der Waals surface area contributed by atoms with Crippen molar-refractivity contribution in [2.24, 2.45) is 0 Å². The number of nitrogens with two attached hydrogens (primary N) is 2. The summed E-state index contributed by atoms with van der Waals surface area (Å²) in [6, 6.07) is 8.40. The third kappa shape index (κ3) is 5.36. The Bertz CT molecular complexity index is 919. The average Bonchev–Trinajstić information content (AvgIpc) is 2.65. The highest BCUT2D eigenvalue weighted by Crippen LogP contribution is 2.22. The van der Waals surface area contributed by atoms with Crippen LogP contribution in [-0.4, -0.2) is 25.9 Å². The van der Waals surface area contributed by atoms with Gasteiger partial charge in [0, 0.05) is 30.5 Å². The number of nitrogens with zero attached hydrogens (tertiary/aromatic N) is 1. The second-order valence-electron chi connectivity index (χ2n) is 5.71. The van der Waals surface area contributed by atoms with E-state index in [1.165, 1.54) is 13.1 Å². The SMILES string of the molecule is CNC(=O)c1cc(C#N)cc(C)c1N.CNC(=O)c1cc(Cl)cc(C)c1N. The number of hydrogen-bond acceptors (Lipinski definition) is 5. The topological polar surface area (TPSA) is 134 Å². The highest BCUT2D eigenvalue weighted by atomic mass is 35.5. The number of nitrogens with one attached hydrogen (secondary N) is 2. The minimum absolute atomic E-state index is 0.219. The molecule has 2 amide bonds. The summed E-state index contributed by atoms with van der Waals surface area (Å²) in [4.78, 5) is 22.6. The van der Waals surface area contributed by atoms with Gasteiger partial charge in [-0.25, -0.2) is 0 Å². The molecule has 142 valence electrons. The molecule has 0 unspecified atom stereocenters. The van der Waals surface area contributed by atoms with E-state index >= 15 is 0 Å². The van der Waals surface area contributed by atoms with Crippen LogP contribution in [0.15, 0.2) is 24.3 Å². The lowest BCUT2D eigenvalue weighted by Crippen LogP contribution is -2.20. The monoisotopic (exact) mass is 387 g/mol. The second-order valence-corrected chi connectivity index (χ2v) is 6.14. The van der Waals surface area contributed by atoms with Gasteiger partial charge in [0.2, 0.25) is 0 Å². The number of nitrogen functional groups attached to an aromatic ring is 2. The van der Waals surface area contributed by atoms with E-state index in [0.717, 1.165) is 11.1 Å². The summed E-state index contributed by atoms with van der Waals surface area (Å²) >= 11 is 5.79. The van der Waals surface area contributed by atoms with Crippen LogP contribution in [0, 0.1) is 25.2 Å². The maximum absolute atomic E-state index is 11.4. The van der Waals surface area contributed by atoms with Crippen molar-refractivity contribution in [3.05, 3.63) is 57.1 Å². The van der Waals surface area contributed by atoms with Crippen molar-refractivity contribution in [3.8, 4) is 6.07 Å². The first-order valence-electron chi connectivity index (χ1n) is 7.96. The first-order valence-corrected chi connectivity index (χ1v) is 8.34. The van der Waals surface area contributed by atoms with Crippen molar-refractivity contribution >= 4 is 34.8 Å². The smallest absolute Gasteiger partial charge is 0.253 e. The van der Waals surface area contributed by atoms with Gasteiger partial charge >= 0.3 is 0 Å². The number of carbonyl (C=O) groups is 2. The molecule has 0 bridgehead atoms. The highest BCUT2D eigenvalue weighted by molar-refractivity contribution is 6.31.